The van der Waals surface area contributed by atoms with Crippen molar-refractivity contribution in [2.24, 2.45) is 11.8 Å². The zero-order valence-electron chi connectivity index (χ0n) is 14.1. The molecule has 2 atom stereocenters. The number of carbonyl (C=O) groups is 2. The van der Waals surface area contributed by atoms with Crippen LogP contribution in [0.25, 0.3) is 0 Å². The highest BCUT2D eigenvalue weighted by Gasteiger charge is 2.42. The summed E-state index contributed by atoms with van der Waals surface area (Å²) in [6.07, 6.45) is -4.03. The summed E-state index contributed by atoms with van der Waals surface area (Å²) in [6, 6.07) is -0.314. The molecule has 0 aliphatic carbocycles. The molecule has 3 N–H and O–H groups in total. The summed E-state index contributed by atoms with van der Waals surface area (Å²) in [5.74, 6) is -1.56. The molecule has 0 aromatic carbocycles. The summed E-state index contributed by atoms with van der Waals surface area (Å²) in [5, 5.41) is 2.76. The molecule has 0 radical (unpaired) electrons. The van der Waals surface area contributed by atoms with Gasteiger partial charge >= 0.3 is 6.18 Å². The van der Waals surface area contributed by atoms with Gasteiger partial charge in [-0.3, -0.25) is 9.59 Å². The van der Waals surface area contributed by atoms with Gasteiger partial charge in [0, 0.05) is 32.1 Å². The van der Waals surface area contributed by atoms with Crippen LogP contribution in [0.5, 0.6) is 0 Å². The molecule has 2 heterocycles. The van der Waals surface area contributed by atoms with E-state index in [4.69, 9.17) is 5.73 Å². The average Bonchev–Trinajstić information content (AvgIpc) is 2.88. The first-order chi connectivity index (χ1) is 11.5. The van der Waals surface area contributed by atoms with E-state index in [2.05, 4.69) is 15.3 Å². The van der Waals surface area contributed by atoms with E-state index in [-0.39, 0.29) is 36.9 Å². The van der Waals surface area contributed by atoms with E-state index < -0.39 is 29.3 Å². The monoisotopic (exact) mass is 359 g/mol. The maximum Gasteiger partial charge on any atom is 0.434 e. The minimum Gasteiger partial charge on any atom is -0.368 e. The topological polar surface area (TPSA) is 101 Å². The maximum absolute atomic E-state index is 13.2. The van der Waals surface area contributed by atoms with Crippen molar-refractivity contribution < 1.29 is 22.8 Å². The van der Waals surface area contributed by atoms with Crippen LogP contribution in [0.4, 0.5) is 19.1 Å². The molecule has 1 aromatic heterocycles. The molecule has 0 bridgehead atoms. The van der Waals surface area contributed by atoms with Crippen LogP contribution >= 0.6 is 0 Å². The maximum atomic E-state index is 13.2. The minimum absolute atomic E-state index is 0.0584. The van der Waals surface area contributed by atoms with E-state index in [1.54, 1.807) is 0 Å². The third-order valence-corrected chi connectivity index (χ3v) is 4.20. The van der Waals surface area contributed by atoms with Crippen molar-refractivity contribution in [3.05, 3.63) is 17.5 Å². The third kappa shape index (κ3) is 4.18. The van der Waals surface area contributed by atoms with Crippen LogP contribution in [0.15, 0.2) is 6.20 Å². The number of halogens is 3. The van der Waals surface area contributed by atoms with Crippen LogP contribution in [0.2, 0.25) is 0 Å². The summed E-state index contributed by atoms with van der Waals surface area (Å²) < 4.78 is 39.5. The number of anilines is 1. The second-order valence-corrected chi connectivity index (χ2v) is 6.41. The normalized spacial score (nSPS) is 20.8. The lowest BCUT2D eigenvalue weighted by Crippen LogP contribution is -2.41. The van der Waals surface area contributed by atoms with E-state index in [0.717, 1.165) is 6.20 Å². The van der Waals surface area contributed by atoms with Crippen LogP contribution in [-0.4, -0.2) is 45.8 Å². The molecule has 0 unspecified atom stereocenters. The first kappa shape index (κ1) is 18.9. The van der Waals surface area contributed by atoms with Crippen LogP contribution in [-0.2, 0) is 11.0 Å². The predicted molar refractivity (Wildman–Crippen MR) is 83.3 cm³/mol. The van der Waals surface area contributed by atoms with Crippen molar-refractivity contribution in [2.45, 2.75) is 33.0 Å². The van der Waals surface area contributed by atoms with E-state index in [1.807, 2.05) is 13.8 Å². The van der Waals surface area contributed by atoms with Gasteiger partial charge in [-0.05, 0) is 5.92 Å². The molecule has 10 heteroatoms. The largest absolute Gasteiger partial charge is 0.434 e. The zero-order chi connectivity index (χ0) is 18.9. The Labute approximate surface area is 142 Å². The molecule has 25 heavy (non-hydrogen) atoms. The van der Waals surface area contributed by atoms with Crippen molar-refractivity contribution in [3.8, 4) is 0 Å². The predicted octanol–water partition coefficient (Wildman–Crippen LogP) is 1.31. The van der Waals surface area contributed by atoms with Gasteiger partial charge < -0.3 is 16.0 Å². The number of rotatable bonds is 3. The van der Waals surface area contributed by atoms with Crippen molar-refractivity contribution >= 4 is 17.8 Å². The number of amides is 2. The fourth-order valence-electron chi connectivity index (χ4n) is 3.02. The first-order valence-electron chi connectivity index (χ1n) is 7.76. The number of nitrogens with one attached hydrogen (secondary N) is 1. The fourth-order valence-corrected chi connectivity index (χ4v) is 3.02. The molecule has 1 fully saturated rings. The smallest absolute Gasteiger partial charge is 0.368 e. The van der Waals surface area contributed by atoms with Gasteiger partial charge in [-0.25, -0.2) is 9.97 Å². The van der Waals surface area contributed by atoms with Gasteiger partial charge in [0.25, 0.3) is 5.91 Å². The van der Waals surface area contributed by atoms with Gasteiger partial charge in [0.2, 0.25) is 11.9 Å². The number of nitrogen functional groups attached to an aromatic ring is 1. The summed E-state index contributed by atoms with van der Waals surface area (Å²) in [4.78, 5) is 31.9. The summed E-state index contributed by atoms with van der Waals surface area (Å²) in [6.45, 7) is 5.59. The highest BCUT2D eigenvalue weighted by Crippen LogP contribution is 2.32. The van der Waals surface area contributed by atoms with Gasteiger partial charge in [0.05, 0.1) is 11.6 Å². The fraction of sp³-hybridized carbons (Fsp3) is 0.600. The summed E-state index contributed by atoms with van der Waals surface area (Å²) in [7, 11) is 0. The van der Waals surface area contributed by atoms with Gasteiger partial charge in [-0.15, -0.1) is 0 Å². The number of nitrogens with two attached hydrogens (primary N) is 1. The summed E-state index contributed by atoms with van der Waals surface area (Å²) >= 11 is 0. The lowest BCUT2D eigenvalue weighted by molar-refractivity contribution is -0.141. The molecular weight excluding hydrogens is 339 g/mol. The van der Waals surface area contributed by atoms with E-state index in [9.17, 15) is 22.8 Å². The van der Waals surface area contributed by atoms with Crippen molar-refractivity contribution in [2.75, 3.05) is 18.8 Å². The quantitative estimate of drug-likeness (QED) is 0.847. The molecule has 2 amide bonds. The van der Waals surface area contributed by atoms with Gasteiger partial charge in [0.1, 0.15) is 0 Å². The second kappa shape index (κ2) is 6.85. The average molecular weight is 359 g/mol. The number of aromatic nitrogens is 2. The molecule has 0 saturated carbocycles. The van der Waals surface area contributed by atoms with Crippen LogP contribution in [0.1, 0.15) is 36.8 Å². The van der Waals surface area contributed by atoms with Crippen molar-refractivity contribution in [1.29, 1.82) is 0 Å². The van der Waals surface area contributed by atoms with E-state index >= 15 is 0 Å². The minimum atomic E-state index is -4.82. The number of nitrogens with zero attached hydrogens (tertiary/aromatic N) is 3. The standard InChI is InChI=1S/C15H20F3N5O2/c1-7(2)10-5-23(6-11(10)21-8(3)24)13(25)9-4-20-14(19)22-12(9)15(16,17)18/h4,7,10-11H,5-6H2,1-3H3,(H,21,24)(H2,19,20,22)/t10-,11+/m0/s1. The molecule has 1 saturated heterocycles. The Morgan fingerprint density at radius 1 is 1.36 bits per heavy atom. The Morgan fingerprint density at radius 3 is 2.52 bits per heavy atom. The molecule has 1 aliphatic heterocycles. The first-order valence-corrected chi connectivity index (χ1v) is 7.76. The Kier molecular flexibility index (Phi) is 5.19. The van der Waals surface area contributed by atoms with Crippen LogP contribution in [0, 0.1) is 11.8 Å². The van der Waals surface area contributed by atoms with Crippen molar-refractivity contribution in [1.82, 2.24) is 20.2 Å². The molecule has 0 spiro atoms. The van der Waals surface area contributed by atoms with Crippen LogP contribution in [0.3, 0.4) is 0 Å². The Hall–Kier alpha value is -2.39. The highest BCUT2D eigenvalue weighted by molar-refractivity contribution is 5.95. The Balaban J connectivity index is 2.31. The zero-order valence-corrected chi connectivity index (χ0v) is 14.1. The Bertz CT molecular complexity index is 678. The van der Waals surface area contributed by atoms with Crippen LogP contribution < -0.4 is 11.1 Å². The molecular formula is C15H20F3N5O2. The lowest BCUT2D eigenvalue weighted by atomic mass is 9.91. The Morgan fingerprint density at radius 2 is 2.00 bits per heavy atom. The van der Waals surface area contributed by atoms with Gasteiger partial charge in [-0.2, -0.15) is 13.2 Å². The number of hydrogen-bond acceptors (Lipinski definition) is 5. The van der Waals surface area contributed by atoms with Gasteiger partial charge in [-0.1, -0.05) is 13.8 Å². The number of alkyl halides is 3. The second-order valence-electron chi connectivity index (χ2n) is 6.41. The number of likely N-dealkylation sites (tertiary alicyclic amines) is 1. The molecule has 1 aromatic rings. The third-order valence-electron chi connectivity index (χ3n) is 4.20. The number of hydrogen-bond donors (Lipinski definition) is 2. The highest BCUT2D eigenvalue weighted by atomic mass is 19.4. The van der Waals surface area contributed by atoms with Crippen molar-refractivity contribution in [3.63, 3.8) is 0 Å². The SMILES string of the molecule is CC(=O)N[C@@H]1CN(C(=O)c2cnc(N)nc2C(F)(F)F)C[C@H]1C(C)C. The van der Waals surface area contributed by atoms with E-state index in [0.29, 0.717) is 0 Å². The van der Waals surface area contributed by atoms with Gasteiger partial charge in [0.15, 0.2) is 5.69 Å². The summed E-state index contributed by atoms with van der Waals surface area (Å²) in [5.41, 5.74) is 3.22. The lowest BCUT2D eigenvalue weighted by Gasteiger charge is -2.21. The molecule has 7 nitrogen and oxygen atoms in total. The number of carbonyl (C=O) groups excluding carboxylic acids is 2. The molecule has 2 rings (SSSR count). The molecule has 138 valence electrons. The van der Waals surface area contributed by atoms with E-state index in [1.165, 1.54) is 11.8 Å². The molecule has 1 aliphatic rings.